The Kier molecular flexibility index (Phi) is 5.41. The van der Waals surface area contributed by atoms with Crippen molar-refractivity contribution in [2.45, 2.75) is 0 Å². The molecule has 0 aromatic heterocycles. The molecular weight excluding hydrogens is 284 g/mol. The first kappa shape index (κ1) is 15.9. The smallest absolute Gasteiger partial charge is 0.246 e. The molecule has 0 saturated carbocycles. The van der Waals surface area contributed by atoms with Gasteiger partial charge in [0.25, 0.3) is 0 Å². The third kappa shape index (κ3) is 3.78. The van der Waals surface area contributed by atoms with Gasteiger partial charge in [0.1, 0.15) is 0 Å². The van der Waals surface area contributed by atoms with Crippen LogP contribution in [-0.4, -0.2) is 62.5 Å². The number of rotatable bonds is 5. The van der Waals surface area contributed by atoms with Crippen LogP contribution in [-0.2, 0) is 9.59 Å². The molecule has 1 saturated heterocycles. The van der Waals surface area contributed by atoms with Crippen LogP contribution in [0.1, 0.15) is 5.56 Å². The van der Waals surface area contributed by atoms with E-state index in [-0.39, 0.29) is 5.91 Å². The van der Waals surface area contributed by atoms with Gasteiger partial charge < -0.3 is 19.3 Å². The van der Waals surface area contributed by atoms with Gasteiger partial charge in [0.15, 0.2) is 11.5 Å². The average Bonchev–Trinajstić information content (AvgIpc) is 2.59. The summed E-state index contributed by atoms with van der Waals surface area (Å²) < 4.78 is 10.4. The number of piperazine rings is 1. The van der Waals surface area contributed by atoms with E-state index >= 15 is 0 Å². The standard InChI is InChI=1S/C16H20N2O4/c1-21-14-5-3-13(11-15(14)22-2)4-6-16(20)18-9-7-17(12-19)8-10-18/h3-6,11-12H,7-10H2,1-2H3/b6-4+. The van der Waals surface area contributed by atoms with E-state index in [9.17, 15) is 9.59 Å². The summed E-state index contributed by atoms with van der Waals surface area (Å²) in [6, 6.07) is 5.47. The molecule has 118 valence electrons. The van der Waals surface area contributed by atoms with E-state index in [0.29, 0.717) is 37.7 Å². The van der Waals surface area contributed by atoms with Crippen molar-refractivity contribution < 1.29 is 19.1 Å². The van der Waals surface area contributed by atoms with Gasteiger partial charge in [-0.15, -0.1) is 0 Å². The van der Waals surface area contributed by atoms with Crippen LogP contribution in [0.3, 0.4) is 0 Å². The molecule has 1 aliphatic rings. The number of methoxy groups -OCH3 is 2. The van der Waals surface area contributed by atoms with Crippen LogP contribution in [0.25, 0.3) is 6.08 Å². The molecule has 0 spiro atoms. The Labute approximate surface area is 129 Å². The van der Waals surface area contributed by atoms with Crippen molar-refractivity contribution in [3.63, 3.8) is 0 Å². The first-order chi connectivity index (χ1) is 10.7. The van der Waals surface area contributed by atoms with E-state index in [4.69, 9.17) is 9.47 Å². The van der Waals surface area contributed by atoms with Gasteiger partial charge in [0.2, 0.25) is 12.3 Å². The largest absolute Gasteiger partial charge is 0.493 e. The molecule has 1 fully saturated rings. The minimum atomic E-state index is -0.0552. The Morgan fingerprint density at radius 3 is 2.36 bits per heavy atom. The van der Waals surface area contributed by atoms with Gasteiger partial charge in [-0.3, -0.25) is 9.59 Å². The molecule has 1 aromatic rings. The van der Waals surface area contributed by atoms with Crippen LogP contribution >= 0.6 is 0 Å². The van der Waals surface area contributed by atoms with Gasteiger partial charge in [-0.2, -0.15) is 0 Å². The number of carbonyl (C=O) groups excluding carboxylic acids is 2. The van der Waals surface area contributed by atoms with E-state index in [0.717, 1.165) is 12.0 Å². The summed E-state index contributed by atoms with van der Waals surface area (Å²) in [4.78, 5) is 26.2. The number of ether oxygens (including phenoxy) is 2. The predicted molar refractivity (Wildman–Crippen MR) is 82.8 cm³/mol. The Hall–Kier alpha value is -2.50. The lowest BCUT2D eigenvalue weighted by Gasteiger charge is -2.31. The number of hydrogen-bond donors (Lipinski definition) is 0. The molecule has 2 amide bonds. The summed E-state index contributed by atoms with van der Waals surface area (Å²) in [5.41, 5.74) is 0.859. The zero-order valence-electron chi connectivity index (χ0n) is 12.8. The highest BCUT2D eigenvalue weighted by atomic mass is 16.5. The first-order valence-electron chi connectivity index (χ1n) is 7.06. The van der Waals surface area contributed by atoms with Crippen molar-refractivity contribution in [2.75, 3.05) is 40.4 Å². The van der Waals surface area contributed by atoms with Gasteiger partial charge in [-0.05, 0) is 23.8 Å². The number of amides is 2. The molecule has 6 heteroatoms. The summed E-state index contributed by atoms with van der Waals surface area (Å²) in [5.74, 6) is 1.22. The Bertz CT molecular complexity index is 563. The molecular formula is C16H20N2O4. The lowest BCUT2D eigenvalue weighted by Crippen LogP contribution is -2.47. The maximum atomic E-state index is 12.1. The van der Waals surface area contributed by atoms with Crippen LogP contribution in [0.4, 0.5) is 0 Å². The SMILES string of the molecule is COc1ccc(/C=C/C(=O)N2CCN(C=O)CC2)cc1OC. The zero-order valence-corrected chi connectivity index (χ0v) is 12.8. The number of benzene rings is 1. The third-order valence-corrected chi connectivity index (χ3v) is 3.60. The van der Waals surface area contributed by atoms with E-state index < -0.39 is 0 Å². The molecule has 22 heavy (non-hydrogen) atoms. The highest BCUT2D eigenvalue weighted by Gasteiger charge is 2.18. The Morgan fingerprint density at radius 2 is 1.77 bits per heavy atom. The summed E-state index contributed by atoms with van der Waals surface area (Å²) in [7, 11) is 3.15. The fourth-order valence-corrected chi connectivity index (χ4v) is 2.28. The van der Waals surface area contributed by atoms with E-state index in [1.807, 2.05) is 12.1 Å². The number of nitrogens with zero attached hydrogens (tertiary/aromatic N) is 2. The van der Waals surface area contributed by atoms with Crippen LogP contribution in [0.2, 0.25) is 0 Å². The molecule has 2 rings (SSSR count). The normalized spacial score (nSPS) is 15.0. The van der Waals surface area contributed by atoms with Crippen LogP contribution in [0, 0.1) is 0 Å². The van der Waals surface area contributed by atoms with Crippen LogP contribution in [0.15, 0.2) is 24.3 Å². The van der Waals surface area contributed by atoms with Gasteiger partial charge in [0.05, 0.1) is 14.2 Å². The van der Waals surface area contributed by atoms with Gasteiger partial charge in [-0.1, -0.05) is 6.07 Å². The van der Waals surface area contributed by atoms with Crippen LogP contribution in [0.5, 0.6) is 11.5 Å². The maximum Gasteiger partial charge on any atom is 0.246 e. The van der Waals surface area contributed by atoms with Gasteiger partial charge in [-0.25, -0.2) is 0 Å². The van der Waals surface area contributed by atoms with E-state index in [2.05, 4.69) is 0 Å². The summed E-state index contributed by atoms with van der Waals surface area (Å²) >= 11 is 0. The Morgan fingerprint density at radius 1 is 1.09 bits per heavy atom. The van der Waals surface area contributed by atoms with Crippen molar-refractivity contribution >= 4 is 18.4 Å². The van der Waals surface area contributed by atoms with Crippen molar-refractivity contribution in [1.82, 2.24) is 9.80 Å². The van der Waals surface area contributed by atoms with Crippen molar-refractivity contribution in [2.24, 2.45) is 0 Å². The highest BCUT2D eigenvalue weighted by Crippen LogP contribution is 2.27. The minimum Gasteiger partial charge on any atom is -0.493 e. The first-order valence-corrected chi connectivity index (χ1v) is 7.06. The van der Waals surface area contributed by atoms with E-state index in [1.54, 1.807) is 36.2 Å². The molecule has 0 bridgehead atoms. The molecule has 0 unspecified atom stereocenters. The molecule has 1 aromatic carbocycles. The molecule has 1 heterocycles. The van der Waals surface area contributed by atoms with E-state index in [1.165, 1.54) is 6.08 Å². The molecule has 0 radical (unpaired) electrons. The molecule has 0 atom stereocenters. The van der Waals surface area contributed by atoms with Gasteiger partial charge >= 0.3 is 0 Å². The lowest BCUT2D eigenvalue weighted by molar-refractivity contribution is -0.130. The minimum absolute atomic E-state index is 0.0552. The average molecular weight is 304 g/mol. The second-order valence-corrected chi connectivity index (χ2v) is 4.91. The summed E-state index contributed by atoms with van der Waals surface area (Å²) in [6.45, 7) is 2.29. The van der Waals surface area contributed by atoms with Crippen molar-refractivity contribution in [3.8, 4) is 11.5 Å². The third-order valence-electron chi connectivity index (χ3n) is 3.60. The fraction of sp³-hybridized carbons (Fsp3) is 0.375. The number of carbonyl (C=O) groups is 2. The highest BCUT2D eigenvalue weighted by molar-refractivity contribution is 5.92. The van der Waals surface area contributed by atoms with Crippen LogP contribution < -0.4 is 9.47 Å². The molecule has 0 N–H and O–H groups in total. The second-order valence-electron chi connectivity index (χ2n) is 4.91. The second kappa shape index (κ2) is 7.49. The zero-order chi connectivity index (χ0) is 15.9. The van der Waals surface area contributed by atoms with Crippen molar-refractivity contribution in [3.05, 3.63) is 29.8 Å². The fourth-order valence-electron chi connectivity index (χ4n) is 2.28. The summed E-state index contributed by atoms with van der Waals surface area (Å²) in [6.07, 6.45) is 4.11. The summed E-state index contributed by atoms with van der Waals surface area (Å²) in [5, 5.41) is 0. The van der Waals surface area contributed by atoms with Gasteiger partial charge in [0, 0.05) is 32.3 Å². The monoisotopic (exact) mass is 304 g/mol. The molecule has 6 nitrogen and oxygen atoms in total. The van der Waals surface area contributed by atoms with Crippen molar-refractivity contribution in [1.29, 1.82) is 0 Å². The lowest BCUT2D eigenvalue weighted by atomic mass is 10.2. The molecule has 0 aliphatic carbocycles. The molecule has 1 aliphatic heterocycles. The predicted octanol–water partition coefficient (Wildman–Crippen LogP) is 1.02. The maximum absolute atomic E-state index is 12.1. The number of hydrogen-bond acceptors (Lipinski definition) is 4. The topological polar surface area (TPSA) is 59.1 Å². The quantitative estimate of drug-likeness (QED) is 0.602. The Balaban J connectivity index is 1.99.